The second-order valence-electron chi connectivity index (χ2n) is 14.3. The summed E-state index contributed by atoms with van der Waals surface area (Å²) in [4.78, 5) is 26.0. The summed E-state index contributed by atoms with van der Waals surface area (Å²) in [6, 6.07) is -0.0304. The number of isocyanates is 1. The molecule has 0 heterocycles. The third kappa shape index (κ3) is 64.3. The maximum Gasteiger partial charge on any atom is 0.314 e. The van der Waals surface area contributed by atoms with E-state index < -0.39 is 0 Å². The molecule has 7 nitrogen and oxygen atoms in total. The molecule has 0 radical (unpaired) electrons. The van der Waals surface area contributed by atoms with E-state index in [9.17, 15) is 9.59 Å². The molecule has 0 saturated carbocycles. The molecule has 0 fully saturated rings. The molecule has 4 N–H and O–H groups in total. The summed E-state index contributed by atoms with van der Waals surface area (Å²) in [5, 5.41) is 5.81. The quantitative estimate of drug-likeness (QED) is 0.0257. The first-order valence-corrected chi connectivity index (χ1v) is 22.0. The van der Waals surface area contributed by atoms with E-state index in [4.69, 9.17) is 17.3 Å². The van der Waals surface area contributed by atoms with Crippen molar-refractivity contribution < 1.29 is 9.59 Å². The molecule has 0 atom stereocenters. The number of halogens is 1. The molecular formula is C43H92ClN5O2. The van der Waals surface area contributed by atoms with Crippen LogP contribution in [0.4, 0.5) is 4.79 Å². The van der Waals surface area contributed by atoms with Gasteiger partial charge in [-0.3, -0.25) is 0 Å². The predicted octanol–water partition coefficient (Wildman–Crippen LogP) is 12.7. The van der Waals surface area contributed by atoms with Gasteiger partial charge in [0.05, 0.1) is 6.54 Å². The number of hydrogen-bond donors (Lipinski definition) is 3. The van der Waals surface area contributed by atoms with Gasteiger partial charge in [0.1, 0.15) is 0 Å². The number of nitrogens with one attached hydrogen (secondary N) is 2. The molecule has 0 rings (SSSR count). The molecule has 0 saturated heterocycles. The van der Waals surface area contributed by atoms with Crippen LogP contribution in [0.1, 0.15) is 214 Å². The van der Waals surface area contributed by atoms with Crippen LogP contribution in [-0.4, -0.2) is 69.7 Å². The number of unbranched alkanes of at least 4 members (excludes halogenated alkanes) is 28. The van der Waals surface area contributed by atoms with Gasteiger partial charge in [0.15, 0.2) is 0 Å². The molecule has 0 aliphatic carbocycles. The number of alkyl halides is 1. The third-order valence-corrected chi connectivity index (χ3v) is 9.15. The monoisotopic (exact) mass is 746 g/mol. The van der Waals surface area contributed by atoms with Crippen LogP contribution in [0, 0.1) is 0 Å². The molecule has 0 aromatic heterocycles. The lowest BCUT2D eigenvalue weighted by Gasteiger charge is -2.11. The highest BCUT2D eigenvalue weighted by Gasteiger charge is 1.99. The number of carbonyl (C=O) groups excluding carboxylic acids is 2. The van der Waals surface area contributed by atoms with Gasteiger partial charge < -0.3 is 21.3 Å². The molecule has 0 spiro atoms. The van der Waals surface area contributed by atoms with Crippen LogP contribution in [0.3, 0.4) is 0 Å². The van der Waals surface area contributed by atoms with Crippen LogP contribution in [0.5, 0.6) is 0 Å². The highest BCUT2D eigenvalue weighted by atomic mass is 35.5. The van der Waals surface area contributed by atoms with Crippen molar-refractivity contribution in [3.8, 4) is 0 Å². The van der Waals surface area contributed by atoms with Gasteiger partial charge >= 0.3 is 6.03 Å². The maximum atomic E-state index is 11.5. The van der Waals surface area contributed by atoms with E-state index >= 15 is 0 Å². The van der Waals surface area contributed by atoms with Crippen molar-refractivity contribution in [3.05, 3.63) is 0 Å². The largest absolute Gasteiger partial charge is 0.338 e. The van der Waals surface area contributed by atoms with Crippen LogP contribution in [0.2, 0.25) is 0 Å². The van der Waals surface area contributed by atoms with Crippen molar-refractivity contribution in [2.75, 3.05) is 52.7 Å². The Morgan fingerprint density at radius 2 is 0.882 bits per heavy atom. The smallest absolute Gasteiger partial charge is 0.314 e. The van der Waals surface area contributed by atoms with Gasteiger partial charge in [0, 0.05) is 25.5 Å². The van der Waals surface area contributed by atoms with E-state index in [0.717, 1.165) is 26.1 Å². The Hall–Kier alpha value is -1.14. The molecule has 0 unspecified atom stereocenters. The summed E-state index contributed by atoms with van der Waals surface area (Å²) >= 11 is 5.11. The molecule has 0 aromatic rings. The van der Waals surface area contributed by atoms with Crippen molar-refractivity contribution in [3.63, 3.8) is 0 Å². The van der Waals surface area contributed by atoms with Crippen molar-refractivity contribution in [2.45, 2.75) is 214 Å². The summed E-state index contributed by atoms with van der Waals surface area (Å²) in [5.41, 5.74) is 5.48. The molecule has 51 heavy (non-hydrogen) atoms. The summed E-state index contributed by atoms with van der Waals surface area (Å²) in [7, 11) is 4.02. The first-order chi connectivity index (χ1) is 24.5. The van der Waals surface area contributed by atoms with Crippen LogP contribution in [-0.2, 0) is 4.79 Å². The molecular weight excluding hydrogens is 654 g/mol. The van der Waals surface area contributed by atoms with Gasteiger partial charge in [0.25, 0.3) is 0 Å². The Morgan fingerprint density at radius 1 is 0.569 bits per heavy atom. The van der Waals surface area contributed by atoms with Crippen LogP contribution >= 0.6 is 11.6 Å². The summed E-state index contributed by atoms with van der Waals surface area (Å²) in [6.45, 7) is 8.21. The number of carbonyl (C=O) groups is 1. The number of likely N-dealkylation sites (N-methyl/N-ethyl adjacent to an activating group) is 1. The van der Waals surface area contributed by atoms with E-state index in [1.807, 2.05) is 14.1 Å². The number of aliphatic imine (C=N–C) groups is 1. The van der Waals surface area contributed by atoms with E-state index in [1.165, 1.54) is 192 Å². The Labute approximate surface area is 325 Å². The minimum Gasteiger partial charge on any atom is -0.338 e. The van der Waals surface area contributed by atoms with E-state index in [1.54, 1.807) is 0 Å². The first-order valence-electron chi connectivity index (χ1n) is 21.5. The molecule has 0 aliphatic heterocycles. The Balaban J connectivity index is -0.000000382. The van der Waals surface area contributed by atoms with E-state index in [2.05, 4.69) is 34.4 Å². The average Bonchev–Trinajstić information content (AvgIpc) is 3.11. The molecule has 2 amide bonds. The van der Waals surface area contributed by atoms with Crippen molar-refractivity contribution in [1.29, 1.82) is 0 Å². The maximum absolute atomic E-state index is 11.5. The number of nitrogens with zero attached hydrogens (tertiary/aromatic N) is 2. The zero-order valence-corrected chi connectivity index (χ0v) is 34.9. The van der Waals surface area contributed by atoms with Gasteiger partial charge in [-0.1, -0.05) is 201 Å². The van der Waals surface area contributed by atoms with Gasteiger partial charge in [-0.2, -0.15) is 0 Å². The fraction of sp³-hybridized carbons (Fsp3) is 0.953. The molecule has 0 aliphatic rings. The SMILES string of the molecule is C.CCCCCCCCCCCCCCCCCN.CCCCCCCCCCCCCCCCCNC(=O)NCCN(C)C.O=C=NCCCl. The van der Waals surface area contributed by atoms with Gasteiger partial charge in [0.2, 0.25) is 6.08 Å². The fourth-order valence-corrected chi connectivity index (χ4v) is 5.84. The van der Waals surface area contributed by atoms with Gasteiger partial charge in [-0.25, -0.2) is 14.6 Å². The zero-order valence-electron chi connectivity index (χ0n) is 34.1. The molecule has 0 aromatic carbocycles. The lowest BCUT2D eigenvalue weighted by atomic mass is 10.0. The van der Waals surface area contributed by atoms with Crippen LogP contribution in [0.15, 0.2) is 4.99 Å². The normalized spacial score (nSPS) is 10.3. The van der Waals surface area contributed by atoms with E-state index in [-0.39, 0.29) is 13.5 Å². The number of hydrogen-bond acceptors (Lipinski definition) is 5. The van der Waals surface area contributed by atoms with Crippen molar-refractivity contribution >= 4 is 23.7 Å². The topological polar surface area (TPSA) is 99.8 Å². The predicted molar refractivity (Wildman–Crippen MR) is 229 cm³/mol. The number of amides is 2. The zero-order chi connectivity index (χ0) is 37.4. The number of nitrogens with two attached hydrogens (primary N) is 1. The molecule has 0 bridgehead atoms. The van der Waals surface area contributed by atoms with Crippen LogP contribution in [0.25, 0.3) is 0 Å². The van der Waals surface area contributed by atoms with Crippen molar-refractivity contribution in [1.82, 2.24) is 15.5 Å². The molecule has 308 valence electrons. The van der Waals surface area contributed by atoms with Crippen LogP contribution < -0.4 is 16.4 Å². The second-order valence-corrected chi connectivity index (χ2v) is 14.7. The summed E-state index contributed by atoms with van der Waals surface area (Å²) in [6.07, 6.45) is 43.3. The van der Waals surface area contributed by atoms with Crippen molar-refractivity contribution in [2.24, 2.45) is 10.7 Å². The number of urea groups is 1. The Morgan fingerprint density at radius 3 is 1.16 bits per heavy atom. The minimum atomic E-state index is -0.0304. The Bertz CT molecular complexity index is 646. The van der Waals surface area contributed by atoms with E-state index in [0.29, 0.717) is 19.0 Å². The first kappa shape index (κ1) is 56.6. The lowest BCUT2D eigenvalue weighted by Crippen LogP contribution is -2.39. The standard InChI is InChI=1S/C22H47N3O.C17H37N.C3H4ClNO.CH4/c1-4-5-6-7-8-9-10-11-12-13-14-15-16-17-18-19-23-22(26)24-20-21-25(2)3;1-2-3-4-5-6-7-8-9-10-11-12-13-14-15-16-17-18;4-1-2-5-3-6;/h4-21H2,1-3H3,(H2,23,24,26);2-18H2,1H3;1-2H2;1H4. The fourth-order valence-electron chi connectivity index (χ4n) is 5.76. The molecule has 8 heteroatoms. The Kier molecular flexibility index (Phi) is 61.7. The summed E-state index contributed by atoms with van der Waals surface area (Å²) in [5.74, 6) is 0.398. The summed E-state index contributed by atoms with van der Waals surface area (Å²) < 4.78 is 0. The average molecular weight is 747 g/mol. The lowest BCUT2D eigenvalue weighted by molar-refractivity contribution is 0.239. The number of rotatable bonds is 36. The minimum absolute atomic E-state index is 0. The highest BCUT2D eigenvalue weighted by molar-refractivity contribution is 6.18. The van der Waals surface area contributed by atoms with Gasteiger partial charge in [-0.15, -0.1) is 11.6 Å². The van der Waals surface area contributed by atoms with Gasteiger partial charge in [-0.05, 0) is 33.5 Å². The highest BCUT2D eigenvalue weighted by Crippen LogP contribution is 2.14. The second kappa shape index (κ2) is 55.6. The third-order valence-electron chi connectivity index (χ3n) is 8.98.